The van der Waals surface area contributed by atoms with Gasteiger partial charge in [0.1, 0.15) is 23.0 Å². The molecule has 9 nitrogen and oxygen atoms in total. The van der Waals surface area contributed by atoms with Gasteiger partial charge in [-0.15, -0.1) is 0 Å². The number of piperazine rings is 1. The van der Waals surface area contributed by atoms with E-state index in [4.69, 9.17) is 21.3 Å². The summed E-state index contributed by atoms with van der Waals surface area (Å²) in [6, 6.07) is 11.1. The second-order valence-corrected chi connectivity index (χ2v) is 12.9. The number of para-hydroxylation sites is 1. The smallest absolute Gasteiger partial charge is 0.410 e. The molecule has 44 heavy (non-hydrogen) atoms. The number of aryl methyl sites for hydroxylation is 1. The fraction of sp³-hybridized carbons (Fsp3) is 0.394. The van der Waals surface area contributed by atoms with E-state index < -0.39 is 23.2 Å². The van der Waals surface area contributed by atoms with Crippen LogP contribution in [0.15, 0.2) is 47.3 Å². The zero-order valence-corrected chi connectivity index (χ0v) is 26.7. The van der Waals surface area contributed by atoms with E-state index in [9.17, 15) is 14.7 Å². The summed E-state index contributed by atoms with van der Waals surface area (Å²) in [6.45, 7) is 14.4. The van der Waals surface area contributed by atoms with E-state index in [1.54, 1.807) is 11.0 Å². The quantitative estimate of drug-likeness (QED) is 0.267. The van der Waals surface area contributed by atoms with Gasteiger partial charge < -0.3 is 19.6 Å². The van der Waals surface area contributed by atoms with Crippen LogP contribution in [-0.4, -0.2) is 61.9 Å². The first-order chi connectivity index (χ1) is 20.7. The van der Waals surface area contributed by atoms with Gasteiger partial charge in [0.15, 0.2) is 5.65 Å². The van der Waals surface area contributed by atoms with Gasteiger partial charge in [0.05, 0.1) is 27.4 Å². The predicted molar refractivity (Wildman–Crippen MR) is 171 cm³/mol. The minimum atomic E-state index is -0.701. The first-order valence-electron chi connectivity index (χ1n) is 14.6. The Labute approximate surface area is 260 Å². The second kappa shape index (κ2) is 11.7. The van der Waals surface area contributed by atoms with E-state index in [0.717, 1.165) is 11.1 Å². The number of phenolic OH excluding ortho intramolecular Hbond substituents is 1. The molecule has 0 aliphatic carbocycles. The van der Waals surface area contributed by atoms with Crippen molar-refractivity contribution in [3.63, 3.8) is 0 Å². The summed E-state index contributed by atoms with van der Waals surface area (Å²) in [5.74, 6) is -0.606. The number of hydrogen-bond donors (Lipinski definition) is 1. The first-order valence-corrected chi connectivity index (χ1v) is 15.0. The van der Waals surface area contributed by atoms with Gasteiger partial charge in [-0.05, 0) is 69.9 Å². The number of hydrogen-bond acceptors (Lipinski definition) is 7. The maximum Gasteiger partial charge on any atom is 0.410 e. The minimum absolute atomic E-state index is 0.00235. The molecule has 3 heterocycles. The highest BCUT2D eigenvalue weighted by molar-refractivity contribution is 6.34. The topological polar surface area (TPSA) is 101 Å². The molecule has 0 unspecified atom stereocenters. The number of carbonyl (C=O) groups excluding carboxylic acids is 1. The number of halogens is 2. The number of pyridine rings is 1. The van der Waals surface area contributed by atoms with Crippen molar-refractivity contribution in [2.75, 3.05) is 24.5 Å². The van der Waals surface area contributed by atoms with E-state index in [1.165, 1.54) is 22.8 Å². The molecule has 4 aromatic rings. The van der Waals surface area contributed by atoms with Crippen molar-refractivity contribution in [2.24, 2.45) is 0 Å². The number of amides is 1. The second-order valence-electron chi connectivity index (χ2n) is 12.5. The van der Waals surface area contributed by atoms with Crippen LogP contribution >= 0.6 is 11.6 Å². The predicted octanol–water partition coefficient (Wildman–Crippen LogP) is 6.82. The molecule has 1 saturated heterocycles. The summed E-state index contributed by atoms with van der Waals surface area (Å²) in [4.78, 5) is 39.8. The van der Waals surface area contributed by atoms with Gasteiger partial charge in [0, 0.05) is 25.7 Å². The lowest BCUT2D eigenvalue weighted by atomic mass is 9.98. The van der Waals surface area contributed by atoms with E-state index in [0.29, 0.717) is 36.5 Å². The number of nitrogens with zero attached hydrogens (tertiary/aromatic N) is 5. The van der Waals surface area contributed by atoms with E-state index in [-0.39, 0.29) is 39.6 Å². The lowest BCUT2D eigenvalue weighted by Gasteiger charge is -2.41. The molecule has 1 N–H and O–H groups in total. The number of aromatic nitrogens is 3. The van der Waals surface area contributed by atoms with Crippen LogP contribution in [0.4, 0.5) is 15.0 Å². The molecule has 232 valence electrons. The number of anilines is 1. The van der Waals surface area contributed by atoms with Gasteiger partial charge in [-0.2, -0.15) is 4.98 Å². The summed E-state index contributed by atoms with van der Waals surface area (Å²) >= 11 is 6.76. The Balaban J connectivity index is 1.74. The van der Waals surface area contributed by atoms with Crippen molar-refractivity contribution in [3.8, 4) is 22.7 Å². The fourth-order valence-electron chi connectivity index (χ4n) is 5.67. The van der Waals surface area contributed by atoms with Crippen molar-refractivity contribution >= 4 is 34.5 Å². The van der Waals surface area contributed by atoms with Crippen molar-refractivity contribution < 1.29 is 19.0 Å². The summed E-state index contributed by atoms with van der Waals surface area (Å²) in [6.07, 6.45) is -0.406. The Bertz CT molecular complexity index is 1800. The minimum Gasteiger partial charge on any atom is -0.507 e. The monoisotopic (exact) mass is 621 g/mol. The third-order valence-corrected chi connectivity index (χ3v) is 7.98. The molecule has 11 heteroatoms. The van der Waals surface area contributed by atoms with Crippen LogP contribution in [0.25, 0.3) is 28.0 Å². The van der Waals surface area contributed by atoms with Crippen LogP contribution in [0.3, 0.4) is 0 Å². The highest BCUT2D eigenvalue weighted by atomic mass is 35.5. The molecular weight excluding hydrogens is 585 g/mol. The molecule has 2 aromatic heterocycles. The number of phenols is 1. The Morgan fingerprint density at radius 2 is 1.84 bits per heavy atom. The van der Waals surface area contributed by atoms with Crippen LogP contribution < -0.4 is 10.6 Å². The van der Waals surface area contributed by atoms with Crippen LogP contribution in [0.5, 0.6) is 5.75 Å². The maximum absolute atomic E-state index is 15.1. The number of ether oxygens (including phenoxy) is 1. The molecule has 1 amide bonds. The molecule has 1 fully saturated rings. The highest BCUT2D eigenvalue weighted by Crippen LogP contribution is 2.39. The molecule has 1 aliphatic heterocycles. The van der Waals surface area contributed by atoms with Crippen molar-refractivity contribution in [1.82, 2.24) is 19.4 Å². The lowest BCUT2D eigenvalue weighted by Crippen LogP contribution is -2.55. The third-order valence-electron chi connectivity index (χ3n) is 7.70. The lowest BCUT2D eigenvalue weighted by molar-refractivity contribution is 0.0218. The number of fused-ring (bicyclic) bond motifs is 1. The molecule has 2 aromatic carbocycles. The van der Waals surface area contributed by atoms with Crippen molar-refractivity contribution in [2.45, 2.75) is 66.0 Å². The molecule has 1 aliphatic rings. The zero-order valence-electron chi connectivity index (χ0n) is 26.0. The van der Waals surface area contributed by atoms with Gasteiger partial charge >= 0.3 is 11.8 Å². The SMILES string of the molecule is Cc1cccc(C(C)C)c1-n1c(=O)nc(N2CCN(C(=O)OC(C)(C)C)C[C@@H]2C)c2cc(Cl)c(-c3c(O)cccc3F)nc21. The Hall–Kier alpha value is -4.18. The molecule has 5 rings (SSSR count). The molecule has 0 radical (unpaired) electrons. The van der Waals surface area contributed by atoms with Gasteiger partial charge in [-0.3, -0.25) is 0 Å². The van der Waals surface area contributed by atoms with Crippen LogP contribution in [0, 0.1) is 12.7 Å². The summed E-state index contributed by atoms with van der Waals surface area (Å²) in [5.41, 5.74) is 1.25. The molecule has 1 atom stereocenters. The third kappa shape index (κ3) is 5.83. The van der Waals surface area contributed by atoms with Crippen LogP contribution in [0.1, 0.15) is 58.6 Å². The fourth-order valence-corrected chi connectivity index (χ4v) is 5.91. The number of aromatic hydroxyl groups is 1. The van der Waals surface area contributed by atoms with E-state index in [2.05, 4.69) is 4.98 Å². The van der Waals surface area contributed by atoms with Crippen molar-refractivity contribution in [3.05, 3.63) is 74.9 Å². The van der Waals surface area contributed by atoms with Gasteiger partial charge in [-0.25, -0.2) is 23.5 Å². The molecule has 0 saturated carbocycles. The molecule has 0 spiro atoms. The summed E-state index contributed by atoms with van der Waals surface area (Å²) in [5, 5.41) is 11.2. The van der Waals surface area contributed by atoms with E-state index >= 15 is 4.39 Å². The van der Waals surface area contributed by atoms with Crippen LogP contribution in [0.2, 0.25) is 5.02 Å². The van der Waals surface area contributed by atoms with Crippen LogP contribution in [-0.2, 0) is 4.74 Å². The zero-order chi connectivity index (χ0) is 32.1. The Morgan fingerprint density at radius 1 is 1.14 bits per heavy atom. The van der Waals surface area contributed by atoms with Crippen molar-refractivity contribution in [1.29, 1.82) is 0 Å². The van der Waals surface area contributed by atoms with Gasteiger partial charge in [0.2, 0.25) is 0 Å². The number of carbonyl (C=O) groups is 1. The summed E-state index contributed by atoms with van der Waals surface area (Å²) < 4.78 is 22.1. The molecule has 0 bridgehead atoms. The standard InChI is InChI=1S/C33H37ClFN5O4/c1-18(2)21-11-8-10-19(3)28(21)40-30-22(16-23(34)27(36-30)26-24(35)12-9-13-25(26)41)29(37-31(40)42)39-15-14-38(17-20(39)4)32(43)44-33(5,6)7/h8-13,16,18,20,41H,14-15,17H2,1-7H3/t20-/m0/s1. The average molecular weight is 622 g/mol. The van der Waals surface area contributed by atoms with Gasteiger partial charge in [-0.1, -0.05) is 49.7 Å². The first kappa shape index (κ1) is 31.3. The van der Waals surface area contributed by atoms with E-state index in [1.807, 2.05) is 71.6 Å². The van der Waals surface area contributed by atoms with Gasteiger partial charge in [0.25, 0.3) is 0 Å². The largest absolute Gasteiger partial charge is 0.507 e. The normalized spacial score (nSPS) is 15.7. The summed E-state index contributed by atoms with van der Waals surface area (Å²) in [7, 11) is 0. The average Bonchev–Trinajstić information content (AvgIpc) is 2.92. The number of rotatable bonds is 4. The Kier molecular flexibility index (Phi) is 8.33. The Morgan fingerprint density at radius 3 is 2.48 bits per heavy atom. The maximum atomic E-state index is 15.1. The number of benzene rings is 2. The molecular formula is C33H37ClFN5O4. The highest BCUT2D eigenvalue weighted by Gasteiger charge is 2.33.